The summed E-state index contributed by atoms with van der Waals surface area (Å²) in [5, 5.41) is 6.25. The highest BCUT2D eigenvalue weighted by Gasteiger charge is 2.21. The summed E-state index contributed by atoms with van der Waals surface area (Å²) in [7, 11) is 1.55. The number of benzene rings is 1. The summed E-state index contributed by atoms with van der Waals surface area (Å²) >= 11 is 1.85. The van der Waals surface area contributed by atoms with E-state index in [0.717, 1.165) is 18.1 Å². The Labute approximate surface area is 157 Å². The lowest BCUT2D eigenvalue weighted by Gasteiger charge is -2.27. The summed E-state index contributed by atoms with van der Waals surface area (Å²) in [6, 6.07) is 5.32. The number of carbonyl (C=O) groups is 2. The number of morpholine rings is 1. The highest BCUT2D eigenvalue weighted by molar-refractivity contribution is 7.99. The molecule has 0 spiro atoms. The maximum Gasteiger partial charge on any atom is 0.254 e. The minimum absolute atomic E-state index is 0.0585. The predicted molar refractivity (Wildman–Crippen MR) is 102 cm³/mol. The zero-order chi connectivity index (χ0) is 18.4. The molecule has 3 rings (SSSR count). The molecule has 2 heterocycles. The second-order valence-electron chi connectivity index (χ2n) is 6.30. The number of hydrogen-bond acceptors (Lipinski definition) is 6. The zero-order valence-electron chi connectivity index (χ0n) is 15.0. The molecule has 0 radical (unpaired) electrons. The van der Waals surface area contributed by atoms with E-state index in [2.05, 4.69) is 10.6 Å². The molecular formula is C18H25N3O4S. The molecule has 8 heteroatoms. The molecule has 1 aromatic carbocycles. The Balaban J connectivity index is 1.68. The monoisotopic (exact) mass is 379 g/mol. The molecular weight excluding hydrogens is 354 g/mol. The molecule has 0 aromatic heterocycles. The molecule has 2 amide bonds. The van der Waals surface area contributed by atoms with E-state index < -0.39 is 0 Å². The van der Waals surface area contributed by atoms with Crippen molar-refractivity contribution in [2.75, 3.05) is 56.8 Å². The Morgan fingerprint density at radius 2 is 2.19 bits per heavy atom. The number of nitrogens with zero attached hydrogens (tertiary/aromatic N) is 1. The van der Waals surface area contributed by atoms with Crippen molar-refractivity contribution in [1.29, 1.82) is 0 Å². The van der Waals surface area contributed by atoms with Crippen molar-refractivity contribution in [3.8, 4) is 5.75 Å². The molecule has 0 aliphatic carbocycles. The van der Waals surface area contributed by atoms with Crippen molar-refractivity contribution in [3.63, 3.8) is 0 Å². The van der Waals surface area contributed by atoms with Crippen LogP contribution in [0.15, 0.2) is 18.2 Å². The Hall–Kier alpha value is -1.77. The number of hydrogen-bond donors (Lipinski definition) is 2. The molecule has 1 atom stereocenters. The number of carbonyl (C=O) groups excluding carboxylic acids is 2. The number of ether oxygens (including phenoxy) is 2. The third-order valence-electron chi connectivity index (χ3n) is 4.45. The molecule has 1 unspecified atom stereocenters. The van der Waals surface area contributed by atoms with Crippen molar-refractivity contribution in [1.82, 2.24) is 10.2 Å². The molecule has 142 valence electrons. The summed E-state index contributed by atoms with van der Waals surface area (Å²) < 4.78 is 10.6. The van der Waals surface area contributed by atoms with Gasteiger partial charge in [-0.15, -0.1) is 0 Å². The highest BCUT2D eigenvalue weighted by atomic mass is 32.2. The van der Waals surface area contributed by atoms with Gasteiger partial charge in [0, 0.05) is 49.2 Å². The number of methoxy groups -OCH3 is 1. The number of amides is 2. The maximum atomic E-state index is 12.7. The van der Waals surface area contributed by atoms with Crippen molar-refractivity contribution in [2.45, 2.75) is 12.5 Å². The van der Waals surface area contributed by atoms with Gasteiger partial charge in [0.1, 0.15) is 5.75 Å². The van der Waals surface area contributed by atoms with Gasteiger partial charge in [0.15, 0.2) is 0 Å². The lowest BCUT2D eigenvalue weighted by atomic mass is 10.1. The van der Waals surface area contributed by atoms with Gasteiger partial charge < -0.3 is 25.0 Å². The molecule has 1 aromatic rings. The van der Waals surface area contributed by atoms with Crippen LogP contribution < -0.4 is 15.4 Å². The first-order valence-corrected chi connectivity index (χ1v) is 9.99. The first-order valence-electron chi connectivity index (χ1n) is 8.83. The van der Waals surface area contributed by atoms with Crippen LogP contribution >= 0.6 is 11.8 Å². The number of anilines is 1. The molecule has 2 aliphatic rings. The van der Waals surface area contributed by atoms with Gasteiger partial charge >= 0.3 is 0 Å². The number of rotatable bonds is 5. The van der Waals surface area contributed by atoms with Crippen LogP contribution in [0.5, 0.6) is 5.75 Å². The fourth-order valence-electron chi connectivity index (χ4n) is 3.06. The molecule has 2 N–H and O–H groups in total. The predicted octanol–water partition coefficient (Wildman–Crippen LogP) is 1.20. The van der Waals surface area contributed by atoms with Crippen LogP contribution in [0.2, 0.25) is 0 Å². The summed E-state index contributed by atoms with van der Waals surface area (Å²) in [6.45, 7) is 3.19. The van der Waals surface area contributed by atoms with Crippen molar-refractivity contribution < 1.29 is 19.1 Å². The summed E-state index contributed by atoms with van der Waals surface area (Å²) in [5.41, 5.74) is 1.06. The summed E-state index contributed by atoms with van der Waals surface area (Å²) in [4.78, 5) is 26.8. The molecule has 2 saturated heterocycles. The van der Waals surface area contributed by atoms with Crippen molar-refractivity contribution in [2.24, 2.45) is 0 Å². The van der Waals surface area contributed by atoms with Gasteiger partial charge in [0.25, 0.3) is 5.91 Å². The standard InChI is InChI=1S/C18H25N3O4S/c1-24-16-3-2-13(18(23)21-5-7-25-8-6-21)10-15(16)20-17(22)11-14-12-26-9-4-19-14/h2-3,10,14,19H,4-9,11-12H2,1H3,(H,20,22). The lowest BCUT2D eigenvalue weighted by Crippen LogP contribution is -2.40. The van der Waals surface area contributed by atoms with Crippen LogP contribution in [-0.4, -0.2) is 74.2 Å². The van der Waals surface area contributed by atoms with E-state index in [1.807, 2.05) is 11.8 Å². The highest BCUT2D eigenvalue weighted by Crippen LogP contribution is 2.27. The van der Waals surface area contributed by atoms with E-state index in [1.54, 1.807) is 30.2 Å². The Bertz CT molecular complexity index is 643. The van der Waals surface area contributed by atoms with Crippen molar-refractivity contribution in [3.05, 3.63) is 23.8 Å². The third kappa shape index (κ3) is 4.90. The van der Waals surface area contributed by atoms with Crippen LogP contribution in [-0.2, 0) is 9.53 Å². The first kappa shape index (κ1) is 19.0. The first-order chi connectivity index (χ1) is 12.7. The van der Waals surface area contributed by atoms with E-state index in [-0.39, 0.29) is 17.9 Å². The van der Waals surface area contributed by atoms with Gasteiger partial charge in [-0.05, 0) is 18.2 Å². The minimum atomic E-state index is -0.0840. The number of nitrogens with one attached hydrogen (secondary N) is 2. The Kier molecular flexibility index (Phi) is 6.76. The second-order valence-corrected chi connectivity index (χ2v) is 7.45. The fourth-order valence-corrected chi connectivity index (χ4v) is 4.01. The summed E-state index contributed by atoms with van der Waals surface area (Å²) in [5.74, 6) is 2.41. The molecule has 2 aliphatic heterocycles. The van der Waals surface area contributed by atoms with E-state index in [4.69, 9.17) is 9.47 Å². The second kappa shape index (κ2) is 9.25. The largest absolute Gasteiger partial charge is 0.495 e. The fraction of sp³-hybridized carbons (Fsp3) is 0.556. The van der Waals surface area contributed by atoms with Gasteiger partial charge in [-0.25, -0.2) is 0 Å². The van der Waals surface area contributed by atoms with Gasteiger partial charge in [0.05, 0.1) is 26.0 Å². The SMILES string of the molecule is COc1ccc(C(=O)N2CCOCC2)cc1NC(=O)CC1CSCCN1. The molecule has 26 heavy (non-hydrogen) atoms. The van der Waals surface area contributed by atoms with Crippen LogP contribution in [0.1, 0.15) is 16.8 Å². The summed E-state index contributed by atoms with van der Waals surface area (Å²) in [6.07, 6.45) is 0.401. The van der Waals surface area contributed by atoms with Gasteiger partial charge in [-0.1, -0.05) is 0 Å². The van der Waals surface area contributed by atoms with Gasteiger partial charge in [-0.2, -0.15) is 11.8 Å². The van der Waals surface area contributed by atoms with E-state index >= 15 is 0 Å². The Morgan fingerprint density at radius 3 is 2.88 bits per heavy atom. The van der Waals surface area contributed by atoms with Gasteiger partial charge in [0.2, 0.25) is 5.91 Å². The molecule has 0 bridgehead atoms. The molecule has 0 saturated carbocycles. The van der Waals surface area contributed by atoms with Crippen LogP contribution in [0.4, 0.5) is 5.69 Å². The van der Waals surface area contributed by atoms with Crippen LogP contribution in [0, 0.1) is 0 Å². The molecule has 7 nitrogen and oxygen atoms in total. The zero-order valence-corrected chi connectivity index (χ0v) is 15.8. The Morgan fingerprint density at radius 1 is 1.38 bits per heavy atom. The minimum Gasteiger partial charge on any atom is -0.495 e. The van der Waals surface area contributed by atoms with Gasteiger partial charge in [-0.3, -0.25) is 9.59 Å². The smallest absolute Gasteiger partial charge is 0.254 e. The van der Waals surface area contributed by atoms with Crippen molar-refractivity contribution >= 4 is 29.3 Å². The van der Waals surface area contributed by atoms with E-state index in [1.165, 1.54) is 0 Å². The lowest BCUT2D eigenvalue weighted by molar-refractivity contribution is -0.116. The van der Waals surface area contributed by atoms with Crippen LogP contribution in [0.3, 0.4) is 0 Å². The van der Waals surface area contributed by atoms with E-state index in [9.17, 15) is 9.59 Å². The molecule has 2 fully saturated rings. The number of thioether (sulfide) groups is 1. The maximum absolute atomic E-state index is 12.7. The third-order valence-corrected chi connectivity index (χ3v) is 5.58. The average molecular weight is 379 g/mol. The topological polar surface area (TPSA) is 79.9 Å². The average Bonchev–Trinajstić information content (AvgIpc) is 2.68. The quantitative estimate of drug-likeness (QED) is 0.800. The van der Waals surface area contributed by atoms with E-state index in [0.29, 0.717) is 49.7 Å². The normalized spacial score (nSPS) is 20.5. The van der Waals surface area contributed by atoms with Crippen LogP contribution in [0.25, 0.3) is 0 Å².